The Hall–Kier alpha value is -2.71. The van der Waals surface area contributed by atoms with Crippen LogP contribution in [0, 0.1) is 11.2 Å². The molecule has 2 heterocycles. The Balaban J connectivity index is 1.52. The average molecular weight is 472 g/mol. The van der Waals surface area contributed by atoms with Gasteiger partial charge in [0.2, 0.25) is 0 Å². The molecule has 0 radical (unpaired) electrons. The quantitative estimate of drug-likeness (QED) is 0.611. The van der Waals surface area contributed by atoms with Gasteiger partial charge in [-0.2, -0.15) is 4.99 Å². The smallest absolute Gasteiger partial charge is 0.283 e. The van der Waals surface area contributed by atoms with Gasteiger partial charge in [0.15, 0.2) is 5.17 Å². The lowest BCUT2D eigenvalue weighted by Crippen LogP contribution is -2.35. The number of aliphatic imine (C=N–C) groups is 1. The van der Waals surface area contributed by atoms with Crippen molar-refractivity contribution in [2.24, 2.45) is 4.99 Å². The molecule has 2 aliphatic rings. The number of amidine groups is 2. The molecule has 2 aromatic carbocycles. The molecule has 0 fully saturated rings. The van der Waals surface area contributed by atoms with Gasteiger partial charge in [0.1, 0.15) is 24.0 Å². The van der Waals surface area contributed by atoms with Crippen LogP contribution < -0.4 is 4.74 Å². The SMILES string of the molecule is CC1=CN2C(=N)/C(=C/c3ccc(OCc4ccc(F)cc4)c(Br)c3)C(=O)N=C2S1. The Morgan fingerprint density at radius 2 is 2.03 bits per heavy atom. The lowest BCUT2D eigenvalue weighted by molar-refractivity contribution is -0.114. The van der Waals surface area contributed by atoms with Crippen LogP contribution in [0.5, 0.6) is 5.75 Å². The highest BCUT2D eigenvalue weighted by Gasteiger charge is 2.32. The topological polar surface area (TPSA) is 65.8 Å². The maximum Gasteiger partial charge on any atom is 0.283 e. The van der Waals surface area contributed by atoms with Crippen LogP contribution in [0.4, 0.5) is 4.39 Å². The molecule has 8 heteroatoms. The monoisotopic (exact) mass is 471 g/mol. The number of thioether (sulfide) groups is 1. The Morgan fingerprint density at radius 1 is 1.28 bits per heavy atom. The average Bonchev–Trinajstić information content (AvgIpc) is 3.06. The van der Waals surface area contributed by atoms with Gasteiger partial charge in [-0.3, -0.25) is 15.1 Å². The van der Waals surface area contributed by atoms with Crippen molar-refractivity contribution < 1.29 is 13.9 Å². The van der Waals surface area contributed by atoms with Gasteiger partial charge in [-0.05, 0) is 64.3 Å². The maximum atomic E-state index is 13.0. The van der Waals surface area contributed by atoms with Crippen molar-refractivity contribution in [1.29, 1.82) is 5.41 Å². The van der Waals surface area contributed by atoms with Crippen LogP contribution >= 0.6 is 27.7 Å². The van der Waals surface area contributed by atoms with E-state index in [2.05, 4.69) is 20.9 Å². The van der Waals surface area contributed by atoms with Crippen molar-refractivity contribution in [2.75, 3.05) is 0 Å². The number of halogens is 2. The fourth-order valence-corrected chi connectivity index (χ4v) is 4.16. The molecule has 2 aromatic rings. The summed E-state index contributed by atoms with van der Waals surface area (Å²) in [6.07, 6.45) is 3.44. The molecule has 0 saturated carbocycles. The fourth-order valence-electron chi connectivity index (χ4n) is 2.83. The van der Waals surface area contributed by atoms with E-state index in [0.717, 1.165) is 16.0 Å². The van der Waals surface area contributed by atoms with E-state index >= 15 is 0 Å². The first-order valence-corrected chi connectivity index (χ1v) is 10.3. The minimum Gasteiger partial charge on any atom is -0.488 e. The molecule has 0 saturated heterocycles. The molecule has 0 atom stereocenters. The third kappa shape index (κ3) is 4.18. The van der Waals surface area contributed by atoms with E-state index in [9.17, 15) is 9.18 Å². The number of allylic oxidation sites excluding steroid dienone is 1. The zero-order chi connectivity index (χ0) is 20.5. The number of fused-ring (bicyclic) bond motifs is 1. The third-order valence-electron chi connectivity index (χ3n) is 4.27. The first-order chi connectivity index (χ1) is 13.9. The number of carbonyl (C=O) groups is 1. The second-order valence-electron chi connectivity index (χ2n) is 6.42. The zero-order valence-corrected chi connectivity index (χ0v) is 17.7. The van der Waals surface area contributed by atoms with E-state index in [1.807, 2.05) is 13.0 Å². The summed E-state index contributed by atoms with van der Waals surface area (Å²) in [5.41, 5.74) is 1.82. The van der Waals surface area contributed by atoms with Crippen molar-refractivity contribution in [3.05, 3.63) is 80.6 Å². The van der Waals surface area contributed by atoms with Gasteiger partial charge in [0.05, 0.1) is 10.0 Å². The van der Waals surface area contributed by atoms with Crippen LogP contribution in [0.3, 0.4) is 0 Å². The number of rotatable bonds is 4. The largest absolute Gasteiger partial charge is 0.488 e. The van der Waals surface area contributed by atoms with Crippen molar-refractivity contribution >= 4 is 50.7 Å². The van der Waals surface area contributed by atoms with Gasteiger partial charge in [-0.1, -0.05) is 30.0 Å². The molecule has 2 aliphatic heterocycles. The molecule has 0 aromatic heterocycles. The lowest BCUT2D eigenvalue weighted by atomic mass is 10.1. The highest BCUT2D eigenvalue weighted by molar-refractivity contribution is 9.10. The summed E-state index contributed by atoms with van der Waals surface area (Å²) < 4.78 is 19.5. The summed E-state index contributed by atoms with van der Waals surface area (Å²) in [5, 5.41) is 8.86. The number of carbonyl (C=O) groups excluding carboxylic acids is 1. The van der Waals surface area contributed by atoms with Crippen molar-refractivity contribution in [3.63, 3.8) is 0 Å². The van der Waals surface area contributed by atoms with E-state index in [0.29, 0.717) is 22.0 Å². The lowest BCUT2D eigenvalue weighted by Gasteiger charge is -2.22. The van der Waals surface area contributed by atoms with E-state index in [1.165, 1.54) is 23.9 Å². The predicted octanol–water partition coefficient (Wildman–Crippen LogP) is 5.33. The third-order valence-corrected chi connectivity index (χ3v) is 5.79. The van der Waals surface area contributed by atoms with E-state index in [1.54, 1.807) is 41.4 Å². The van der Waals surface area contributed by atoms with Crippen LogP contribution in [0.15, 0.2) is 68.6 Å². The number of nitrogens with zero attached hydrogens (tertiary/aromatic N) is 2. The fraction of sp³-hybridized carbons (Fsp3) is 0.0952. The molecule has 4 rings (SSSR count). The summed E-state index contributed by atoms with van der Waals surface area (Å²) in [6.45, 7) is 2.21. The zero-order valence-electron chi connectivity index (χ0n) is 15.3. The van der Waals surface area contributed by atoms with Gasteiger partial charge in [0.25, 0.3) is 5.91 Å². The molecule has 5 nitrogen and oxygen atoms in total. The minimum atomic E-state index is -0.426. The van der Waals surface area contributed by atoms with Gasteiger partial charge < -0.3 is 4.74 Å². The first-order valence-electron chi connectivity index (χ1n) is 8.66. The second kappa shape index (κ2) is 7.96. The Labute approximate surface area is 179 Å². The summed E-state index contributed by atoms with van der Waals surface area (Å²) >= 11 is 4.85. The summed E-state index contributed by atoms with van der Waals surface area (Å²) in [5.74, 6) is 0.0165. The molecule has 1 amide bonds. The van der Waals surface area contributed by atoms with Crippen LogP contribution in [0.2, 0.25) is 0 Å². The summed E-state index contributed by atoms with van der Waals surface area (Å²) in [7, 11) is 0. The van der Waals surface area contributed by atoms with E-state index < -0.39 is 5.91 Å². The standard InChI is InChI=1S/C21H15BrFN3O2S/c1-12-10-26-19(24)16(20(27)25-21(26)29-12)8-14-4-7-18(17(22)9-14)28-11-13-2-5-15(23)6-3-13/h2-10,24H,11H2,1H3/b16-8-,24-19?. The van der Waals surface area contributed by atoms with E-state index in [-0.39, 0.29) is 17.2 Å². The number of hydrogen-bond acceptors (Lipinski definition) is 4. The van der Waals surface area contributed by atoms with Crippen LogP contribution in [-0.4, -0.2) is 21.8 Å². The highest BCUT2D eigenvalue weighted by atomic mass is 79.9. The van der Waals surface area contributed by atoms with Gasteiger partial charge >= 0.3 is 0 Å². The molecule has 0 unspecified atom stereocenters. The molecular weight excluding hydrogens is 457 g/mol. The summed E-state index contributed by atoms with van der Waals surface area (Å²) in [6, 6.07) is 11.5. The molecule has 1 N–H and O–H groups in total. The van der Waals surface area contributed by atoms with Crippen molar-refractivity contribution in [2.45, 2.75) is 13.5 Å². The Bertz CT molecular complexity index is 1110. The highest BCUT2D eigenvalue weighted by Crippen LogP contribution is 2.33. The first kappa shape index (κ1) is 19.6. The second-order valence-corrected chi connectivity index (χ2v) is 8.49. The minimum absolute atomic E-state index is 0.108. The van der Waals surface area contributed by atoms with Crippen LogP contribution in [0.1, 0.15) is 18.1 Å². The number of benzene rings is 2. The number of amides is 1. The molecule has 0 spiro atoms. The normalized spacial score (nSPS) is 17.3. The molecule has 0 bridgehead atoms. The van der Waals surface area contributed by atoms with Crippen LogP contribution in [-0.2, 0) is 11.4 Å². The Kier molecular flexibility index (Phi) is 5.38. The number of hydrogen-bond donors (Lipinski definition) is 1. The van der Waals surface area contributed by atoms with Gasteiger partial charge in [0, 0.05) is 11.1 Å². The number of ether oxygens (including phenoxy) is 1. The van der Waals surface area contributed by atoms with Crippen molar-refractivity contribution in [3.8, 4) is 5.75 Å². The van der Waals surface area contributed by atoms with E-state index in [4.69, 9.17) is 10.1 Å². The predicted molar refractivity (Wildman–Crippen MR) is 116 cm³/mol. The van der Waals surface area contributed by atoms with Gasteiger partial charge in [-0.25, -0.2) is 4.39 Å². The molecule has 0 aliphatic carbocycles. The number of nitrogens with one attached hydrogen (secondary N) is 1. The molecule has 146 valence electrons. The Morgan fingerprint density at radius 3 is 2.76 bits per heavy atom. The molecular formula is C21H15BrFN3O2S. The van der Waals surface area contributed by atoms with Crippen LogP contribution in [0.25, 0.3) is 6.08 Å². The maximum absolute atomic E-state index is 13.0. The summed E-state index contributed by atoms with van der Waals surface area (Å²) in [4.78, 5) is 19.0. The van der Waals surface area contributed by atoms with Crippen molar-refractivity contribution in [1.82, 2.24) is 4.90 Å². The van der Waals surface area contributed by atoms with Gasteiger partial charge in [-0.15, -0.1) is 0 Å². The molecule has 29 heavy (non-hydrogen) atoms.